The van der Waals surface area contributed by atoms with Gasteiger partial charge in [0.2, 0.25) is 0 Å². The Hall–Kier alpha value is -1.04. The molecule has 0 amide bonds. The van der Waals surface area contributed by atoms with Crippen LogP contribution < -0.4 is 10.4 Å². The number of hydrogen-bond acceptors (Lipinski definition) is 4. The lowest BCUT2D eigenvalue weighted by atomic mass is 9.79. The van der Waals surface area contributed by atoms with Crippen molar-refractivity contribution in [2.45, 2.75) is 65.0 Å². The third kappa shape index (κ3) is 3.28. The van der Waals surface area contributed by atoms with Crippen LogP contribution in [-0.4, -0.2) is 43.6 Å². The second kappa shape index (κ2) is 5.80. The quantitative estimate of drug-likeness (QED) is 0.785. The van der Waals surface area contributed by atoms with Gasteiger partial charge in [-0.2, -0.15) is 0 Å². The first-order chi connectivity index (χ1) is 10.7. The van der Waals surface area contributed by atoms with E-state index in [1.807, 2.05) is 0 Å². The smallest absolute Gasteiger partial charge is 0.399 e. The molecule has 0 saturated carbocycles. The van der Waals surface area contributed by atoms with E-state index < -0.39 is 0 Å². The number of rotatable bonds is 2. The normalized spacial score (nSPS) is 29.8. The van der Waals surface area contributed by atoms with Crippen LogP contribution in [0.3, 0.4) is 0 Å². The number of ether oxygens (including phenoxy) is 1. The number of hydrogen-bond donors (Lipinski definition) is 0. The highest BCUT2D eigenvalue weighted by atomic mass is 16.7. The Morgan fingerprint density at radius 2 is 1.39 bits per heavy atom. The van der Waals surface area contributed by atoms with Gasteiger partial charge in [0.1, 0.15) is 0 Å². The zero-order chi connectivity index (χ0) is 16.8. The third-order valence-electron chi connectivity index (χ3n) is 5.20. The highest BCUT2D eigenvalue weighted by molar-refractivity contribution is 6.62. The van der Waals surface area contributed by atoms with E-state index in [4.69, 9.17) is 14.0 Å². The Balaban J connectivity index is 1.73. The van der Waals surface area contributed by atoms with E-state index in [9.17, 15) is 0 Å². The van der Waals surface area contributed by atoms with Gasteiger partial charge >= 0.3 is 7.12 Å². The van der Waals surface area contributed by atoms with Crippen molar-refractivity contribution < 1.29 is 14.0 Å². The molecule has 4 nitrogen and oxygen atoms in total. The maximum absolute atomic E-state index is 6.11. The minimum absolute atomic E-state index is 0.265. The van der Waals surface area contributed by atoms with E-state index in [0.29, 0.717) is 0 Å². The summed E-state index contributed by atoms with van der Waals surface area (Å²) in [5.41, 5.74) is 1.70. The molecule has 0 aliphatic carbocycles. The van der Waals surface area contributed by atoms with Crippen molar-refractivity contribution >= 4 is 18.3 Å². The topological polar surface area (TPSA) is 30.9 Å². The first-order valence-corrected chi connectivity index (χ1v) is 8.54. The third-order valence-corrected chi connectivity index (χ3v) is 5.20. The summed E-state index contributed by atoms with van der Waals surface area (Å²) in [5, 5.41) is 0. The fourth-order valence-corrected chi connectivity index (χ4v) is 3.21. The van der Waals surface area contributed by atoms with E-state index >= 15 is 0 Å². The van der Waals surface area contributed by atoms with Gasteiger partial charge in [-0.15, -0.1) is 0 Å². The van der Waals surface area contributed by atoms with Crippen molar-refractivity contribution in [3.8, 4) is 0 Å². The second-order valence-electron chi connectivity index (χ2n) is 7.84. The average Bonchev–Trinajstić information content (AvgIpc) is 2.66. The fraction of sp³-hybridized carbons (Fsp3) is 0.667. The van der Waals surface area contributed by atoms with E-state index in [1.54, 1.807) is 0 Å². The molecule has 0 radical (unpaired) electrons. The highest BCUT2D eigenvalue weighted by Crippen LogP contribution is 2.36. The maximum atomic E-state index is 6.11. The standard InChI is InChI=1S/C18H28BNO3/c1-13-11-20(12-14(2)21-13)16-9-7-15(8-10-16)19-22-17(3,4)18(5,6)23-19/h7-10,13-14H,11-12H2,1-6H3/t13-,14-/m1/s1. The second-order valence-corrected chi connectivity index (χ2v) is 7.84. The predicted octanol–water partition coefficient (Wildman–Crippen LogP) is 2.60. The molecule has 2 atom stereocenters. The summed E-state index contributed by atoms with van der Waals surface area (Å²) in [6.07, 6.45) is 0.531. The first kappa shape index (κ1) is 16.8. The Labute approximate surface area is 140 Å². The molecular formula is C18H28BNO3. The summed E-state index contributed by atoms with van der Waals surface area (Å²) in [7, 11) is -0.295. The van der Waals surface area contributed by atoms with Crippen LogP contribution in [0.4, 0.5) is 5.69 Å². The lowest BCUT2D eigenvalue weighted by molar-refractivity contribution is -0.00521. The Bertz CT molecular complexity index is 532. The molecule has 0 spiro atoms. The molecule has 0 bridgehead atoms. The summed E-state index contributed by atoms with van der Waals surface area (Å²) >= 11 is 0. The molecule has 3 rings (SSSR count). The van der Waals surface area contributed by atoms with Crippen molar-refractivity contribution in [2.75, 3.05) is 18.0 Å². The molecule has 1 aromatic rings. The van der Waals surface area contributed by atoms with Crippen LogP contribution in [0.5, 0.6) is 0 Å². The van der Waals surface area contributed by atoms with Crippen LogP contribution in [0.15, 0.2) is 24.3 Å². The molecule has 1 aromatic carbocycles. The summed E-state index contributed by atoms with van der Waals surface area (Å²) < 4.78 is 18.0. The Kier molecular flexibility index (Phi) is 4.24. The Morgan fingerprint density at radius 3 is 1.87 bits per heavy atom. The summed E-state index contributed by atoms with van der Waals surface area (Å²) in [6, 6.07) is 8.54. The molecule has 23 heavy (non-hydrogen) atoms. The van der Waals surface area contributed by atoms with E-state index in [-0.39, 0.29) is 30.5 Å². The van der Waals surface area contributed by atoms with Gasteiger partial charge in [0.25, 0.3) is 0 Å². The molecule has 2 fully saturated rings. The van der Waals surface area contributed by atoms with Crippen LogP contribution in [0.25, 0.3) is 0 Å². The molecule has 0 N–H and O–H groups in total. The van der Waals surface area contributed by atoms with E-state index in [2.05, 4.69) is 70.7 Å². The van der Waals surface area contributed by atoms with Gasteiger partial charge in [-0.3, -0.25) is 0 Å². The van der Waals surface area contributed by atoms with Gasteiger partial charge < -0.3 is 18.9 Å². The average molecular weight is 317 g/mol. The molecule has 2 aliphatic rings. The van der Waals surface area contributed by atoms with Crippen molar-refractivity contribution in [3.05, 3.63) is 24.3 Å². The summed E-state index contributed by atoms with van der Waals surface area (Å²) in [4.78, 5) is 2.38. The maximum Gasteiger partial charge on any atom is 0.494 e. The van der Waals surface area contributed by atoms with Crippen LogP contribution in [0.2, 0.25) is 0 Å². The lowest BCUT2D eigenvalue weighted by Crippen LogP contribution is -2.45. The molecule has 126 valence electrons. The highest BCUT2D eigenvalue weighted by Gasteiger charge is 2.51. The lowest BCUT2D eigenvalue weighted by Gasteiger charge is -2.37. The van der Waals surface area contributed by atoms with E-state index in [0.717, 1.165) is 18.6 Å². The van der Waals surface area contributed by atoms with Gasteiger partial charge in [-0.1, -0.05) is 12.1 Å². The van der Waals surface area contributed by atoms with Crippen LogP contribution in [0.1, 0.15) is 41.5 Å². The first-order valence-electron chi connectivity index (χ1n) is 8.54. The van der Waals surface area contributed by atoms with Crippen molar-refractivity contribution in [2.24, 2.45) is 0 Å². The van der Waals surface area contributed by atoms with Crippen molar-refractivity contribution in [1.29, 1.82) is 0 Å². The SMILES string of the molecule is C[C@@H]1CN(c2ccc(B3OC(C)(C)C(C)(C)O3)cc2)C[C@@H](C)O1. The largest absolute Gasteiger partial charge is 0.494 e. The Morgan fingerprint density at radius 1 is 0.913 bits per heavy atom. The number of morpholine rings is 1. The molecule has 2 aliphatic heterocycles. The zero-order valence-electron chi connectivity index (χ0n) is 15.1. The van der Waals surface area contributed by atoms with E-state index in [1.165, 1.54) is 5.69 Å². The fourth-order valence-electron chi connectivity index (χ4n) is 3.21. The molecular weight excluding hydrogens is 289 g/mol. The molecule has 2 saturated heterocycles. The van der Waals surface area contributed by atoms with Gasteiger partial charge in [0, 0.05) is 18.8 Å². The van der Waals surface area contributed by atoms with Crippen molar-refractivity contribution in [1.82, 2.24) is 0 Å². The number of anilines is 1. The summed E-state index contributed by atoms with van der Waals surface area (Å²) in [5.74, 6) is 0. The van der Waals surface area contributed by atoms with Crippen LogP contribution in [-0.2, 0) is 14.0 Å². The summed E-state index contributed by atoms with van der Waals surface area (Å²) in [6.45, 7) is 14.4. The predicted molar refractivity (Wildman–Crippen MR) is 94.4 cm³/mol. The molecule has 2 heterocycles. The minimum Gasteiger partial charge on any atom is -0.399 e. The molecule has 0 unspecified atom stereocenters. The number of nitrogens with zero attached hydrogens (tertiary/aromatic N) is 1. The number of benzene rings is 1. The van der Waals surface area contributed by atoms with Gasteiger partial charge in [0.15, 0.2) is 0 Å². The van der Waals surface area contributed by atoms with Crippen molar-refractivity contribution in [3.63, 3.8) is 0 Å². The monoisotopic (exact) mass is 317 g/mol. The van der Waals surface area contributed by atoms with Crippen LogP contribution >= 0.6 is 0 Å². The van der Waals surface area contributed by atoms with Gasteiger partial charge in [0.05, 0.1) is 23.4 Å². The van der Waals surface area contributed by atoms with Gasteiger partial charge in [-0.05, 0) is 59.1 Å². The molecule has 0 aromatic heterocycles. The molecule has 5 heteroatoms. The van der Waals surface area contributed by atoms with Gasteiger partial charge in [-0.25, -0.2) is 0 Å². The van der Waals surface area contributed by atoms with Crippen LogP contribution in [0, 0.1) is 0 Å². The zero-order valence-corrected chi connectivity index (χ0v) is 15.1. The minimum atomic E-state index is -0.300.